The zero-order valence-electron chi connectivity index (χ0n) is 19.0. The SMILES string of the molecule is Cc1ccc(S(=O)(=O)OCCCC2C/C=C\CN(Cl)C(C)C(Cc3ccccc3)C2)cc1. The van der Waals surface area contributed by atoms with Crippen LogP contribution in [0.5, 0.6) is 0 Å². The maximum Gasteiger partial charge on any atom is 0.296 e. The monoisotopic (exact) mass is 475 g/mol. The summed E-state index contributed by atoms with van der Waals surface area (Å²) in [5.74, 6) is 0.897. The van der Waals surface area contributed by atoms with Crippen LogP contribution in [0, 0.1) is 18.8 Å². The van der Waals surface area contributed by atoms with Crippen LogP contribution >= 0.6 is 11.8 Å². The van der Waals surface area contributed by atoms with E-state index >= 15 is 0 Å². The Morgan fingerprint density at radius 1 is 1.06 bits per heavy atom. The van der Waals surface area contributed by atoms with Crippen LogP contribution in [0.1, 0.15) is 43.7 Å². The van der Waals surface area contributed by atoms with Crippen LogP contribution in [0.2, 0.25) is 0 Å². The molecule has 0 fully saturated rings. The molecule has 6 heteroatoms. The normalized spacial score (nSPS) is 23.8. The summed E-state index contributed by atoms with van der Waals surface area (Å²) < 4.78 is 32.1. The Morgan fingerprint density at radius 3 is 2.50 bits per heavy atom. The highest BCUT2D eigenvalue weighted by Crippen LogP contribution is 2.30. The Labute approximate surface area is 198 Å². The summed E-state index contributed by atoms with van der Waals surface area (Å²) in [6.07, 6.45) is 9.00. The van der Waals surface area contributed by atoms with Crippen molar-refractivity contribution < 1.29 is 12.6 Å². The van der Waals surface area contributed by atoms with Crippen LogP contribution in [-0.2, 0) is 20.7 Å². The number of hydrogen-bond donors (Lipinski definition) is 0. The molecular weight excluding hydrogens is 442 g/mol. The van der Waals surface area contributed by atoms with Crippen molar-refractivity contribution in [3.05, 3.63) is 77.9 Å². The molecule has 0 N–H and O–H groups in total. The Balaban J connectivity index is 1.58. The summed E-state index contributed by atoms with van der Waals surface area (Å²) in [5.41, 5.74) is 2.35. The molecule has 3 unspecified atom stereocenters. The van der Waals surface area contributed by atoms with E-state index in [4.69, 9.17) is 16.0 Å². The molecule has 0 aromatic heterocycles. The molecule has 0 aliphatic carbocycles. The molecule has 0 radical (unpaired) electrons. The average Bonchev–Trinajstić information content (AvgIpc) is 2.84. The molecule has 1 heterocycles. The van der Waals surface area contributed by atoms with Crippen molar-refractivity contribution in [1.29, 1.82) is 0 Å². The van der Waals surface area contributed by atoms with Gasteiger partial charge in [-0.3, -0.25) is 4.18 Å². The quantitative estimate of drug-likeness (QED) is 0.199. The predicted molar refractivity (Wildman–Crippen MR) is 131 cm³/mol. The van der Waals surface area contributed by atoms with E-state index in [1.807, 2.05) is 17.4 Å². The largest absolute Gasteiger partial charge is 0.296 e. The molecule has 0 bridgehead atoms. The Hall–Kier alpha value is -1.66. The van der Waals surface area contributed by atoms with E-state index in [2.05, 4.69) is 43.3 Å². The van der Waals surface area contributed by atoms with E-state index in [1.165, 1.54) is 5.56 Å². The molecule has 1 aliphatic rings. The number of nitrogens with zero attached hydrogens (tertiary/aromatic N) is 1. The molecule has 0 saturated heterocycles. The van der Waals surface area contributed by atoms with Gasteiger partial charge in [0.05, 0.1) is 11.5 Å². The fourth-order valence-corrected chi connectivity index (χ4v) is 5.48. The third-order valence-corrected chi connectivity index (χ3v) is 8.09. The number of rotatable bonds is 8. The first kappa shape index (κ1) is 25.0. The van der Waals surface area contributed by atoms with Gasteiger partial charge in [0.15, 0.2) is 0 Å². The molecule has 174 valence electrons. The van der Waals surface area contributed by atoms with Crippen molar-refractivity contribution in [2.45, 2.75) is 56.9 Å². The number of hydrogen-bond acceptors (Lipinski definition) is 4. The first-order valence-corrected chi connectivity index (χ1v) is 13.2. The number of halogens is 1. The lowest BCUT2D eigenvalue weighted by molar-refractivity contribution is 0.224. The van der Waals surface area contributed by atoms with Crippen LogP contribution in [-0.4, -0.2) is 32.0 Å². The molecule has 2 aromatic carbocycles. The van der Waals surface area contributed by atoms with E-state index in [0.29, 0.717) is 18.3 Å². The van der Waals surface area contributed by atoms with E-state index < -0.39 is 10.1 Å². The van der Waals surface area contributed by atoms with E-state index in [-0.39, 0.29) is 17.5 Å². The Kier molecular flexibility index (Phi) is 9.35. The van der Waals surface area contributed by atoms with E-state index in [0.717, 1.165) is 37.8 Å². The van der Waals surface area contributed by atoms with Crippen molar-refractivity contribution >= 4 is 21.9 Å². The first-order chi connectivity index (χ1) is 15.3. The molecule has 32 heavy (non-hydrogen) atoms. The van der Waals surface area contributed by atoms with Crippen molar-refractivity contribution in [1.82, 2.24) is 4.42 Å². The van der Waals surface area contributed by atoms with Gasteiger partial charge in [-0.25, -0.2) is 4.42 Å². The molecular formula is C26H34ClNO3S. The van der Waals surface area contributed by atoms with Crippen LogP contribution < -0.4 is 0 Å². The van der Waals surface area contributed by atoms with Crippen LogP contribution in [0.25, 0.3) is 0 Å². The Bertz CT molecular complexity index is 960. The highest BCUT2D eigenvalue weighted by Gasteiger charge is 2.26. The van der Waals surface area contributed by atoms with Crippen molar-refractivity contribution in [3.8, 4) is 0 Å². The van der Waals surface area contributed by atoms with Gasteiger partial charge in [-0.15, -0.1) is 0 Å². The minimum absolute atomic E-state index is 0.205. The van der Waals surface area contributed by atoms with Crippen LogP contribution in [0.4, 0.5) is 0 Å². The second kappa shape index (κ2) is 12.0. The zero-order valence-corrected chi connectivity index (χ0v) is 20.6. The predicted octanol–water partition coefficient (Wildman–Crippen LogP) is 6.15. The van der Waals surface area contributed by atoms with Gasteiger partial charge in [0, 0.05) is 12.6 Å². The number of allylic oxidation sites excluding steroid dienone is 1. The van der Waals surface area contributed by atoms with Crippen LogP contribution in [0.3, 0.4) is 0 Å². The van der Waals surface area contributed by atoms with E-state index in [1.54, 1.807) is 24.3 Å². The summed E-state index contributed by atoms with van der Waals surface area (Å²) in [5, 5.41) is 0. The van der Waals surface area contributed by atoms with Gasteiger partial charge in [0.25, 0.3) is 10.1 Å². The molecule has 0 spiro atoms. The topological polar surface area (TPSA) is 46.6 Å². The fourth-order valence-electron chi connectivity index (χ4n) is 4.30. The minimum Gasteiger partial charge on any atom is -0.266 e. The van der Waals surface area contributed by atoms with Crippen molar-refractivity contribution in [2.75, 3.05) is 13.2 Å². The third-order valence-electron chi connectivity index (χ3n) is 6.32. The van der Waals surface area contributed by atoms with Gasteiger partial charge >= 0.3 is 0 Å². The van der Waals surface area contributed by atoms with Gasteiger partial charge in [-0.05, 0) is 87.3 Å². The summed E-state index contributed by atoms with van der Waals surface area (Å²) in [6, 6.07) is 17.6. The number of aryl methyl sites for hydroxylation is 1. The standard InChI is InChI=1S/C26H34ClNO3S/c1-21-13-15-26(16-14-21)32(29,30)31-18-8-12-24-11-6-7-17-28(27)22(2)25(20-24)19-23-9-4-3-5-10-23/h3-7,9-10,13-16,22,24-25H,8,11-12,17-20H2,1-2H3/b7-6-. The van der Waals surface area contributed by atoms with Gasteiger partial charge in [-0.2, -0.15) is 8.42 Å². The molecule has 3 atom stereocenters. The molecule has 3 rings (SSSR count). The highest BCUT2D eigenvalue weighted by atomic mass is 35.5. The molecule has 2 aromatic rings. The molecule has 4 nitrogen and oxygen atoms in total. The molecule has 0 saturated carbocycles. The van der Waals surface area contributed by atoms with Gasteiger partial charge in [0.2, 0.25) is 0 Å². The summed E-state index contributed by atoms with van der Waals surface area (Å²) >= 11 is 6.57. The summed E-state index contributed by atoms with van der Waals surface area (Å²) in [4.78, 5) is 0.215. The fraction of sp³-hybridized carbons (Fsp3) is 0.462. The zero-order chi connectivity index (χ0) is 23.0. The molecule has 1 aliphatic heterocycles. The second-order valence-corrected chi connectivity index (χ2v) is 10.9. The lowest BCUT2D eigenvalue weighted by Crippen LogP contribution is -2.34. The summed E-state index contributed by atoms with van der Waals surface area (Å²) in [7, 11) is -3.70. The molecule has 0 amide bonds. The minimum atomic E-state index is -3.70. The first-order valence-electron chi connectivity index (χ1n) is 11.4. The van der Waals surface area contributed by atoms with Gasteiger partial charge < -0.3 is 0 Å². The smallest absolute Gasteiger partial charge is 0.266 e. The van der Waals surface area contributed by atoms with Gasteiger partial charge in [-0.1, -0.05) is 60.2 Å². The Morgan fingerprint density at radius 2 is 1.78 bits per heavy atom. The lowest BCUT2D eigenvalue weighted by Gasteiger charge is -2.31. The maximum atomic E-state index is 12.4. The van der Waals surface area contributed by atoms with E-state index in [9.17, 15) is 8.42 Å². The third kappa shape index (κ3) is 7.45. The van der Waals surface area contributed by atoms with Crippen LogP contribution in [0.15, 0.2) is 71.6 Å². The van der Waals surface area contributed by atoms with Crippen molar-refractivity contribution in [3.63, 3.8) is 0 Å². The summed E-state index contributed by atoms with van der Waals surface area (Å²) in [6.45, 7) is 5.07. The number of benzene rings is 2. The average molecular weight is 476 g/mol. The van der Waals surface area contributed by atoms with Crippen molar-refractivity contribution in [2.24, 2.45) is 11.8 Å². The maximum absolute atomic E-state index is 12.4. The highest BCUT2D eigenvalue weighted by molar-refractivity contribution is 7.86. The second-order valence-electron chi connectivity index (χ2n) is 8.81. The lowest BCUT2D eigenvalue weighted by atomic mass is 9.82. The van der Waals surface area contributed by atoms with Gasteiger partial charge in [0.1, 0.15) is 0 Å².